The number of hydrogen-bond acceptors (Lipinski definition) is 6. The number of aryl methyl sites for hydroxylation is 1. The number of nitrogens with zero attached hydrogens (tertiary/aromatic N) is 4. The molecule has 0 aliphatic rings. The first-order valence-electron chi connectivity index (χ1n) is 7.38. The van der Waals surface area contributed by atoms with Crippen LogP contribution in [-0.4, -0.2) is 39.8 Å². The van der Waals surface area contributed by atoms with Crippen LogP contribution >= 0.6 is 0 Å². The van der Waals surface area contributed by atoms with Crippen LogP contribution in [0.2, 0.25) is 0 Å². The van der Waals surface area contributed by atoms with Crippen LogP contribution in [-0.2, 0) is 11.3 Å². The van der Waals surface area contributed by atoms with Gasteiger partial charge in [-0.15, -0.1) is 0 Å². The van der Waals surface area contributed by atoms with Gasteiger partial charge >= 0.3 is 0 Å². The molecule has 0 unspecified atom stereocenters. The molecule has 7 nitrogen and oxygen atoms in total. The van der Waals surface area contributed by atoms with Crippen molar-refractivity contribution < 1.29 is 9.47 Å². The van der Waals surface area contributed by atoms with E-state index in [0.717, 1.165) is 22.8 Å². The van der Waals surface area contributed by atoms with Gasteiger partial charge in [0, 0.05) is 18.3 Å². The molecule has 3 rings (SSSR count). The predicted molar refractivity (Wildman–Crippen MR) is 86.7 cm³/mol. The molecule has 0 saturated heterocycles. The van der Waals surface area contributed by atoms with Crippen LogP contribution in [0.25, 0.3) is 5.78 Å². The van der Waals surface area contributed by atoms with Gasteiger partial charge in [0.2, 0.25) is 0 Å². The van der Waals surface area contributed by atoms with Gasteiger partial charge in [-0.1, -0.05) is 12.1 Å². The van der Waals surface area contributed by atoms with Crippen LogP contribution < -0.4 is 10.1 Å². The number of anilines is 1. The Morgan fingerprint density at radius 3 is 2.83 bits per heavy atom. The molecule has 120 valence electrons. The molecule has 0 fully saturated rings. The molecular formula is C16H19N5O2. The summed E-state index contributed by atoms with van der Waals surface area (Å²) < 4.78 is 12.5. The van der Waals surface area contributed by atoms with Crippen molar-refractivity contribution in [3.05, 3.63) is 47.9 Å². The Bertz CT molecular complexity index is 770. The van der Waals surface area contributed by atoms with Crippen molar-refractivity contribution in [3.63, 3.8) is 0 Å². The van der Waals surface area contributed by atoms with Gasteiger partial charge in [-0.25, -0.2) is 4.98 Å². The van der Waals surface area contributed by atoms with Gasteiger partial charge in [-0.3, -0.25) is 0 Å². The normalized spacial score (nSPS) is 10.9. The first kappa shape index (κ1) is 15.2. The second kappa shape index (κ2) is 7.06. The lowest BCUT2D eigenvalue weighted by molar-refractivity contribution is 0.130. The maximum atomic E-state index is 5.67. The van der Waals surface area contributed by atoms with Crippen LogP contribution in [0.15, 0.2) is 36.7 Å². The molecule has 1 N–H and O–H groups in total. The quantitative estimate of drug-likeness (QED) is 0.673. The van der Waals surface area contributed by atoms with E-state index in [2.05, 4.69) is 20.4 Å². The Morgan fingerprint density at radius 2 is 2.04 bits per heavy atom. The molecule has 0 aliphatic carbocycles. The lowest BCUT2D eigenvalue weighted by Gasteiger charge is -2.09. The summed E-state index contributed by atoms with van der Waals surface area (Å²) in [5.74, 6) is 2.30. The summed E-state index contributed by atoms with van der Waals surface area (Å²) in [5.41, 5.74) is 2.01. The lowest BCUT2D eigenvalue weighted by Crippen LogP contribution is -2.13. The SMILES string of the molecule is COc1ccc(COCCNc2cc(C)nc3ncnn23)cc1. The molecule has 7 heteroatoms. The number of methoxy groups -OCH3 is 1. The summed E-state index contributed by atoms with van der Waals surface area (Å²) in [6.45, 7) is 3.76. The number of hydrogen-bond donors (Lipinski definition) is 1. The van der Waals surface area contributed by atoms with Crippen molar-refractivity contribution >= 4 is 11.6 Å². The second-order valence-corrected chi connectivity index (χ2v) is 5.08. The highest BCUT2D eigenvalue weighted by Gasteiger charge is 2.04. The van der Waals surface area contributed by atoms with E-state index < -0.39 is 0 Å². The fourth-order valence-corrected chi connectivity index (χ4v) is 2.22. The van der Waals surface area contributed by atoms with E-state index in [1.165, 1.54) is 6.33 Å². The number of nitrogens with one attached hydrogen (secondary N) is 1. The molecule has 23 heavy (non-hydrogen) atoms. The average molecular weight is 313 g/mol. The zero-order chi connectivity index (χ0) is 16.1. The average Bonchev–Trinajstić information content (AvgIpc) is 3.03. The van der Waals surface area contributed by atoms with Crippen LogP contribution in [0.4, 0.5) is 5.82 Å². The van der Waals surface area contributed by atoms with Crippen molar-refractivity contribution in [2.24, 2.45) is 0 Å². The predicted octanol–water partition coefficient (Wildman–Crippen LogP) is 2.07. The lowest BCUT2D eigenvalue weighted by atomic mass is 10.2. The second-order valence-electron chi connectivity index (χ2n) is 5.08. The summed E-state index contributed by atoms with van der Waals surface area (Å²) in [4.78, 5) is 8.40. The first-order valence-corrected chi connectivity index (χ1v) is 7.38. The molecule has 0 amide bonds. The molecule has 0 radical (unpaired) electrons. The highest BCUT2D eigenvalue weighted by molar-refractivity contribution is 5.44. The van der Waals surface area contributed by atoms with Gasteiger partial charge < -0.3 is 14.8 Å². The molecule has 0 aliphatic heterocycles. The molecular weight excluding hydrogens is 294 g/mol. The minimum absolute atomic E-state index is 0.569. The van der Waals surface area contributed by atoms with E-state index in [9.17, 15) is 0 Å². The third-order valence-corrected chi connectivity index (χ3v) is 3.36. The number of rotatable bonds is 7. The fourth-order valence-electron chi connectivity index (χ4n) is 2.22. The molecule has 0 saturated carbocycles. The van der Waals surface area contributed by atoms with Crippen molar-refractivity contribution in [2.75, 3.05) is 25.6 Å². The maximum Gasteiger partial charge on any atom is 0.254 e. The molecule has 0 bridgehead atoms. The molecule has 0 atom stereocenters. The summed E-state index contributed by atoms with van der Waals surface area (Å²) in [5, 5.41) is 7.45. The Balaban J connectivity index is 1.48. The van der Waals surface area contributed by atoms with E-state index in [4.69, 9.17) is 9.47 Å². The Labute approximate surface area is 134 Å². The Hall–Kier alpha value is -2.67. The molecule has 2 aromatic heterocycles. The number of fused-ring (bicyclic) bond motifs is 1. The smallest absolute Gasteiger partial charge is 0.254 e. The van der Waals surface area contributed by atoms with Gasteiger partial charge in [0.15, 0.2) is 0 Å². The standard InChI is InChI=1S/C16H19N5O2/c1-12-9-15(21-16(20-12)18-11-19-21)17-7-8-23-10-13-3-5-14(22-2)6-4-13/h3-6,9,11,17H,7-8,10H2,1-2H3. The third kappa shape index (κ3) is 3.75. The first-order chi connectivity index (χ1) is 11.3. The van der Waals surface area contributed by atoms with Crippen LogP contribution in [0.3, 0.4) is 0 Å². The van der Waals surface area contributed by atoms with Crippen molar-refractivity contribution in [1.82, 2.24) is 19.6 Å². The van der Waals surface area contributed by atoms with E-state index in [1.54, 1.807) is 11.6 Å². The topological polar surface area (TPSA) is 73.6 Å². The number of aromatic nitrogens is 4. The fraction of sp³-hybridized carbons (Fsp3) is 0.312. The monoisotopic (exact) mass is 313 g/mol. The number of ether oxygens (including phenoxy) is 2. The Morgan fingerprint density at radius 1 is 1.22 bits per heavy atom. The van der Waals surface area contributed by atoms with Crippen LogP contribution in [0.1, 0.15) is 11.3 Å². The summed E-state index contributed by atoms with van der Waals surface area (Å²) in [6.07, 6.45) is 1.49. The van der Waals surface area contributed by atoms with Crippen molar-refractivity contribution in [1.29, 1.82) is 0 Å². The highest BCUT2D eigenvalue weighted by Crippen LogP contribution is 2.12. The van der Waals surface area contributed by atoms with E-state index in [1.807, 2.05) is 37.3 Å². The van der Waals surface area contributed by atoms with Gasteiger partial charge in [-0.05, 0) is 24.6 Å². The molecule has 2 heterocycles. The van der Waals surface area contributed by atoms with E-state index >= 15 is 0 Å². The third-order valence-electron chi connectivity index (χ3n) is 3.36. The van der Waals surface area contributed by atoms with E-state index in [-0.39, 0.29) is 0 Å². The zero-order valence-electron chi connectivity index (χ0n) is 13.2. The summed E-state index contributed by atoms with van der Waals surface area (Å²) >= 11 is 0. The zero-order valence-corrected chi connectivity index (χ0v) is 13.2. The minimum Gasteiger partial charge on any atom is -0.497 e. The van der Waals surface area contributed by atoms with Gasteiger partial charge in [0.25, 0.3) is 5.78 Å². The van der Waals surface area contributed by atoms with Crippen LogP contribution in [0, 0.1) is 6.92 Å². The highest BCUT2D eigenvalue weighted by atomic mass is 16.5. The van der Waals surface area contributed by atoms with Crippen molar-refractivity contribution in [2.45, 2.75) is 13.5 Å². The van der Waals surface area contributed by atoms with E-state index in [0.29, 0.717) is 25.5 Å². The van der Waals surface area contributed by atoms with Crippen LogP contribution in [0.5, 0.6) is 5.75 Å². The molecule has 3 aromatic rings. The van der Waals surface area contributed by atoms with Gasteiger partial charge in [0.05, 0.1) is 20.3 Å². The summed E-state index contributed by atoms with van der Waals surface area (Å²) in [6, 6.07) is 9.79. The van der Waals surface area contributed by atoms with Gasteiger partial charge in [-0.2, -0.15) is 14.6 Å². The summed E-state index contributed by atoms with van der Waals surface area (Å²) in [7, 11) is 1.66. The van der Waals surface area contributed by atoms with Gasteiger partial charge in [0.1, 0.15) is 17.9 Å². The largest absolute Gasteiger partial charge is 0.497 e. The Kier molecular flexibility index (Phi) is 4.68. The molecule has 1 aromatic carbocycles. The maximum absolute atomic E-state index is 5.67. The minimum atomic E-state index is 0.569. The van der Waals surface area contributed by atoms with Crippen molar-refractivity contribution in [3.8, 4) is 5.75 Å². The number of benzene rings is 1. The molecule has 0 spiro atoms.